The van der Waals surface area contributed by atoms with E-state index in [4.69, 9.17) is 4.42 Å². The molecule has 23 heavy (non-hydrogen) atoms. The minimum absolute atomic E-state index is 0.266. The van der Waals surface area contributed by atoms with Gasteiger partial charge in [0.05, 0.1) is 12.9 Å². The van der Waals surface area contributed by atoms with Crippen molar-refractivity contribution in [3.8, 4) is 0 Å². The molecular formula is C16H19N5O2. The van der Waals surface area contributed by atoms with Gasteiger partial charge in [-0.1, -0.05) is 0 Å². The van der Waals surface area contributed by atoms with Gasteiger partial charge in [0, 0.05) is 6.04 Å². The molecule has 0 radical (unpaired) electrons. The quantitative estimate of drug-likeness (QED) is 0.752. The van der Waals surface area contributed by atoms with Gasteiger partial charge in [-0.05, 0) is 38.8 Å². The molecule has 3 aromatic heterocycles. The Morgan fingerprint density at radius 2 is 2.17 bits per heavy atom. The van der Waals surface area contributed by atoms with Crippen LogP contribution in [0.1, 0.15) is 37.3 Å². The fourth-order valence-electron chi connectivity index (χ4n) is 2.67. The van der Waals surface area contributed by atoms with Crippen LogP contribution in [-0.2, 0) is 5.60 Å². The third-order valence-electron chi connectivity index (χ3n) is 4.17. The number of imidazole rings is 1. The van der Waals surface area contributed by atoms with E-state index in [2.05, 4.69) is 24.8 Å². The summed E-state index contributed by atoms with van der Waals surface area (Å²) in [5, 5.41) is 13.8. The number of anilines is 1. The summed E-state index contributed by atoms with van der Waals surface area (Å²) in [7, 11) is 0. The van der Waals surface area contributed by atoms with Crippen molar-refractivity contribution in [3.05, 3.63) is 36.3 Å². The van der Waals surface area contributed by atoms with Gasteiger partial charge in [0.15, 0.2) is 11.5 Å². The predicted molar refractivity (Wildman–Crippen MR) is 85.1 cm³/mol. The van der Waals surface area contributed by atoms with Crippen LogP contribution in [0.4, 0.5) is 5.82 Å². The summed E-state index contributed by atoms with van der Waals surface area (Å²) in [4.78, 5) is 13.0. The average molecular weight is 313 g/mol. The summed E-state index contributed by atoms with van der Waals surface area (Å²) < 4.78 is 7.62. The second-order valence-corrected chi connectivity index (χ2v) is 6.32. The summed E-state index contributed by atoms with van der Waals surface area (Å²) in [6.45, 7) is 3.83. The number of aryl methyl sites for hydroxylation is 1. The maximum absolute atomic E-state index is 10.6. The molecule has 1 unspecified atom stereocenters. The second-order valence-electron chi connectivity index (χ2n) is 6.32. The molecule has 1 saturated carbocycles. The number of furan rings is 1. The van der Waals surface area contributed by atoms with Gasteiger partial charge in [0.2, 0.25) is 0 Å². The van der Waals surface area contributed by atoms with Crippen molar-refractivity contribution < 1.29 is 9.52 Å². The van der Waals surface area contributed by atoms with Gasteiger partial charge in [-0.25, -0.2) is 15.0 Å². The monoisotopic (exact) mass is 313 g/mol. The third-order valence-corrected chi connectivity index (χ3v) is 4.17. The van der Waals surface area contributed by atoms with Gasteiger partial charge in [-0.3, -0.25) is 0 Å². The molecule has 1 fully saturated rings. The topological polar surface area (TPSA) is 89.0 Å². The summed E-state index contributed by atoms with van der Waals surface area (Å²) in [6.07, 6.45) is 5.68. The van der Waals surface area contributed by atoms with Crippen molar-refractivity contribution in [1.82, 2.24) is 19.5 Å². The van der Waals surface area contributed by atoms with Crippen molar-refractivity contribution in [3.63, 3.8) is 0 Å². The van der Waals surface area contributed by atoms with Gasteiger partial charge < -0.3 is 19.4 Å². The summed E-state index contributed by atoms with van der Waals surface area (Å²) in [5.74, 6) is 1.92. The van der Waals surface area contributed by atoms with E-state index >= 15 is 0 Å². The molecule has 0 aromatic carbocycles. The van der Waals surface area contributed by atoms with Crippen molar-refractivity contribution in [2.45, 2.75) is 38.3 Å². The number of hydrogen-bond acceptors (Lipinski definition) is 6. The number of rotatable bonds is 5. The Labute approximate surface area is 133 Å². The first kappa shape index (κ1) is 14.2. The lowest BCUT2D eigenvalue weighted by atomic mass is 10.0. The van der Waals surface area contributed by atoms with Gasteiger partial charge in [-0.2, -0.15) is 0 Å². The SMILES string of the molecule is Cc1ccc(C(C)(O)CNc2ncnc3c2ncn3C2CC2)o1. The van der Waals surface area contributed by atoms with Crippen molar-refractivity contribution in [2.75, 3.05) is 11.9 Å². The highest BCUT2D eigenvalue weighted by Crippen LogP contribution is 2.37. The van der Waals surface area contributed by atoms with Crippen LogP contribution in [0.5, 0.6) is 0 Å². The molecule has 3 aromatic rings. The first-order chi connectivity index (χ1) is 11.0. The smallest absolute Gasteiger partial charge is 0.165 e. The molecule has 0 bridgehead atoms. The van der Waals surface area contributed by atoms with Gasteiger partial charge >= 0.3 is 0 Å². The molecule has 0 aliphatic heterocycles. The Morgan fingerprint density at radius 3 is 2.87 bits per heavy atom. The number of nitrogens with one attached hydrogen (secondary N) is 1. The third kappa shape index (κ3) is 2.57. The largest absolute Gasteiger partial charge is 0.463 e. The van der Waals surface area contributed by atoms with Crippen LogP contribution < -0.4 is 5.32 Å². The Hall–Kier alpha value is -2.41. The molecule has 1 atom stereocenters. The van der Waals surface area contributed by atoms with Crippen LogP contribution in [-0.4, -0.2) is 31.2 Å². The maximum atomic E-state index is 10.6. The number of aliphatic hydroxyl groups is 1. The Kier molecular flexibility index (Phi) is 3.12. The van der Waals surface area contributed by atoms with E-state index in [1.807, 2.05) is 19.3 Å². The Bertz CT molecular complexity index is 847. The number of nitrogens with zero attached hydrogens (tertiary/aromatic N) is 4. The molecule has 0 saturated heterocycles. The van der Waals surface area contributed by atoms with Crippen molar-refractivity contribution in [2.24, 2.45) is 0 Å². The minimum Gasteiger partial charge on any atom is -0.463 e. The number of fused-ring (bicyclic) bond motifs is 1. The molecular weight excluding hydrogens is 294 g/mol. The fourth-order valence-corrected chi connectivity index (χ4v) is 2.67. The normalized spacial score (nSPS) is 17.3. The standard InChI is InChI=1S/C16H19N5O2/c1-10-3-6-12(23-10)16(2,22)7-17-14-13-15(19-8-18-14)21(9-20-13)11-4-5-11/h3,6,8-9,11,22H,4-5,7H2,1-2H3,(H,17,18,19). The molecule has 0 amide bonds. The lowest BCUT2D eigenvalue weighted by Crippen LogP contribution is -2.30. The van der Waals surface area contributed by atoms with Crippen LogP contribution in [0.3, 0.4) is 0 Å². The predicted octanol–water partition coefficient (Wildman–Crippen LogP) is 2.38. The highest BCUT2D eigenvalue weighted by atomic mass is 16.4. The second kappa shape index (κ2) is 5.06. The van der Waals surface area contributed by atoms with E-state index in [1.165, 1.54) is 19.2 Å². The summed E-state index contributed by atoms with van der Waals surface area (Å²) in [5.41, 5.74) is 0.425. The lowest BCUT2D eigenvalue weighted by Gasteiger charge is -2.21. The van der Waals surface area contributed by atoms with E-state index in [9.17, 15) is 5.11 Å². The summed E-state index contributed by atoms with van der Waals surface area (Å²) >= 11 is 0. The van der Waals surface area contributed by atoms with Crippen molar-refractivity contribution >= 4 is 17.0 Å². The van der Waals surface area contributed by atoms with Gasteiger partial charge in [-0.15, -0.1) is 0 Å². The zero-order valence-corrected chi connectivity index (χ0v) is 13.2. The zero-order chi connectivity index (χ0) is 16.0. The van der Waals surface area contributed by atoms with E-state index in [1.54, 1.807) is 13.0 Å². The van der Waals surface area contributed by atoms with Crippen LogP contribution in [0, 0.1) is 6.92 Å². The number of aromatic nitrogens is 4. The number of hydrogen-bond donors (Lipinski definition) is 2. The van der Waals surface area contributed by atoms with Crippen LogP contribution in [0.2, 0.25) is 0 Å². The van der Waals surface area contributed by atoms with E-state index < -0.39 is 5.60 Å². The molecule has 7 heteroatoms. The maximum Gasteiger partial charge on any atom is 0.165 e. The zero-order valence-electron chi connectivity index (χ0n) is 13.2. The highest BCUT2D eigenvalue weighted by molar-refractivity contribution is 5.82. The van der Waals surface area contributed by atoms with Crippen LogP contribution in [0.25, 0.3) is 11.2 Å². The van der Waals surface area contributed by atoms with E-state index in [0.717, 1.165) is 16.9 Å². The first-order valence-electron chi connectivity index (χ1n) is 7.75. The molecule has 2 N–H and O–H groups in total. The fraction of sp³-hybridized carbons (Fsp3) is 0.438. The molecule has 3 heterocycles. The summed E-state index contributed by atoms with van der Waals surface area (Å²) in [6, 6.07) is 4.13. The Balaban J connectivity index is 1.58. The Morgan fingerprint density at radius 1 is 1.35 bits per heavy atom. The van der Waals surface area contributed by atoms with Gasteiger partial charge in [0.1, 0.15) is 29.0 Å². The molecule has 1 aliphatic rings. The minimum atomic E-state index is -1.13. The highest BCUT2D eigenvalue weighted by Gasteiger charge is 2.28. The molecule has 120 valence electrons. The molecule has 1 aliphatic carbocycles. The molecule has 0 spiro atoms. The first-order valence-corrected chi connectivity index (χ1v) is 7.75. The molecule has 4 rings (SSSR count). The van der Waals surface area contributed by atoms with Gasteiger partial charge in [0.25, 0.3) is 0 Å². The lowest BCUT2D eigenvalue weighted by molar-refractivity contribution is 0.0467. The van der Waals surface area contributed by atoms with E-state index in [0.29, 0.717) is 17.6 Å². The molecule has 7 nitrogen and oxygen atoms in total. The van der Waals surface area contributed by atoms with Crippen molar-refractivity contribution in [1.29, 1.82) is 0 Å². The van der Waals surface area contributed by atoms with Crippen LogP contribution >= 0.6 is 0 Å². The van der Waals surface area contributed by atoms with E-state index in [-0.39, 0.29) is 6.54 Å². The van der Waals surface area contributed by atoms with Crippen LogP contribution in [0.15, 0.2) is 29.2 Å². The average Bonchev–Trinajstić information content (AvgIpc) is 3.11.